The standard InChI is InChI=1S/C7H11N.2C6H12N2.3C2H6.3CH4.3B/c1-7(2)8-5-3-4-6-8;1-6(2)8-4-3-7-5-8;1-6(2)8-5-3-4-7-8;3*1-2;;;;;;/h3-7H,1-2H3;3-4,6-7H,5H2,1-2H3;3,5-7H,4H2,1-2H3;3*1-2H3;3*1H4;;;. The monoisotopic (exact) mass is 505 g/mol. The maximum Gasteiger partial charge on any atom is 0.0870 e. The van der Waals surface area contributed by atoms with E-state index in [0.717, 1.165) is 13.2 Å². The van der Waals surface area contributed by atoms with E-state index < -0.39 is 0 Å². The molecule has 0 fully saturated rings. The van der Waals surface area contributed by atoms with Gasteiger partial charge in [0.1, 0.15) is 0 Å². The van der Waals surface area contributed by atoms with E-state index in [2.05, 4.69) is 97.6 Å². The van der Waals surface area contributed by atoms with Gasteiger partial charge < -0.3 is 19.8 Å². The maximum absolute atomic E-state index is 3.18. The second-order valence-electron chi connectivity index (χ2n) is 6.76. The first kappa shape index (κ1) is 59.4. The maximum atomic E-state index is 3.18. The van der Waals surface area contributed by atoms with Crippen LogP contribution in [0.1, 0.15) is 111 Å². The van der Waals surface area contributed by atoms with Gasteiger partial charge in [0.25, 0.3) is 0 Å². The molecule has 0 amide bonds. The molecule has 9 radical (unpaired) electrons. The van der Waals surface area contributed by atoms with E-state index in [-0.39, 0.29) is 47.5 Å². The van der Waals surface area contributed by atoms with Crippen molar-refractivity contribution in [2.75, 3.05) is 13.2 Å². The zero-order valence-corrected chi connectivity index (χ0v) is 23.8. The molecule has 211 valence electrons. The van der Waals surface area contributed by atoms with E-state index >= 15 is 0 Å². The Morgan fingerprint density at radius 2 is 1.08 bits per heavy atom. The van der Waals surface area contributed by atoms with Gasteiger partial charge in [-0.05, 0) is 53.7 Å². The van der Waals surface area contributed by atoms with E-state index in [1.807, 2.05) is 59.9 Å². The van der Waals surface area contributed by atoms with Crippen molar-refractivity contribution in [2.45, 2.75) is 123 Å². The smallest absolute Gasteiger partial charge is 0.0870 e. The summed E-state index contributed by atoms with van der Waals surface area (Å²) >= 11 is 0. The molecule has 2 aliphatic rings. The van der Waals surface area contributed by atoms with Gasteiger partial charge in [0, 0.05) is 80.9 Å². The van der Waals surface area contributed by atoms with Crippen LogP contribution in [0.2, 0.25) is 0 Å². The van der Waals surface area contributed by atoms with Crippen LogP contribution < -0.4 is 10.7 Å². The number of nitrogens with one attached hydrogen (secondary N) is 2. The number of rotatable bonds is 3. The summed E-state index contributed by atoms with van der Waals surface area (Å²) < 4.78 is 2.17. The summed E-state index contributed by atoms with van der Waals surface area (Å²) in [6.07, 6.45) is 12.4. The topological polar surface area (TPSA) is 35.5 Å². The Hall–Kier alpha value is -1.69. The van der Waals surface area contributed by atoms with E-state index in [1.54, 1.807) is 0 Å². The van der Waals surface area contributed by atoms with Crippen molar-refractivity contribution in [1.29, 1.82) is 0 Å². The largest absolute Gasteiger partial charge is 0.373 e. The molecule has 0 atom stereocenters. The molecule has 0 aliphatic carbocycles. The molecule has 0 saturated heterocycles. The number of hydrazine groups is 1. The minimum Gasteiger partial charge on any atom is -0.373 e. The van der Waals surface area contributed by atoms with Gasteiger partial charge in [-0.3, -0.25) is 0 Å². The average molecular weight is 504 g/mol. The molecule has 0 bridgehead atoms. The lowest BCUT2D eigenvalue weighted by atomic mass is 10.4. The lowest BCUT2D eigenvalue weighted by Gasteiger charge is -2.19. The highest BCUT2D eigenvalue weighted by Gasteiger charge is 2.05. The highest BCUT2D eigenvalue weighted by molar-refractivity contribution is 5.76. The molecule has 1 aromatic heterocycles. The predicted octanol–water partition coefficient (Wildman–Crippen LogP) is 7.37. The fourth-order valence-electron chi connectivity index (χ4n) is 2.14. The van der Waals surface area contributed by atoms with Crippen molar-refractivity contribution >= 4 is 25.2 Å². The molecule has 3 rings (SSSR count). The van der Waals surface area contributed by atoms with Crippen LogP contribution in [0.3, 0.4) is 0 Å². The molecular formula is C28H65B3N5. The van der Waals surface area contributed by atoms with E-state index in [4.69, 9.17) is 0 Å². The van der Waals surface area contributed by atoms with Crippen LogP contribution >= 0.6 is 0 Å². The molecule has 5 nitrogen and oxygen atoms in total. The van der Waals surface area contributed by atoms with Gasteiger partial charge in [-0.1, -0.05) is 69.9 Å². The summed E-state index contributed by atoms with van der Waals surface area (Å²) in [5, 5.41) is 5.20. The summed E-state index contributed by atoms with van der Waals surface area (Å²) in [6, 6.07) is 5.89. The van der Waals surface area contributed by atoms with Gasteiger partial charge in [0.15, 0.2) is 0 Å². The minimum atomic E-state index is 0. The Labute approximate surface area is 236 Å². The highest BCUT2D eigenvalue weighted by atomic mass is 15.5. The number of hydrogen-bond acceptors (Lipinski definition) is 4. The van der Waals surface area contributed by atoms with Crippen LogP contribution in [0.15, 0.2) is 49.2 Å². The van der Waals surface area contributed by atoms with Gasteiger partial charge in [0.2, 0.25) is 0 Å². The molecule has 3 heterocycles. The molecule has 36 heavy (non-hydrogen) atoms. The molecule has 1 aromatic rings. The first-order valence-electron chi connectivity index (χ1n) is 11.9. The summed E-state index contributed by atoms with van der Waals surface area (Å²) in [5.74, 6) is 0. The van der Waals surface area contributed by atoms with E-state index in [1.165, 1.54) is 0 Å². The summed E-state index contributed by atoms with van der Waals surface area (Å²) in [7, 11) is 0. The van der Waals surface area contributed by atoms with E-state index in [9.17, 15) is 0 Å². The Bertz CT molecular complexity index is 465. The van der Waals surface area contributed by atoms with E-state index in [0.29, 0.717) is 18.1 Å². The van der Waals surface area contributed by atoms with Crippen LogP contribution in [-0.2, 0) is 0 Å². The zero-order valence-electron chi connectivity index (χ0n) is 23.8. The van der Waals surface area contributed by atoms with Crippen molar-refractivity contribution < 1.29 is 0 Å². The molecule has 8 heteroatoms. The summed E-state index contributed by atoms with van der Waals surface area (Å²) in [6.45, 7) is 27.0. The quantitative estimate of drug-likeness (QED) is 0.422. The van der Waals surface area contributed by atoms with Crippen molar-refractivity contribution in [3.8, 4) is 0 Å². The Balaban J connectivity index is -0.0000000365. The van der Waals surface area contributed by atoms with Crippen molar-refractivity contribution in [3.05, 3.63) is 49.2 Å². The minimum absolute atomic E-state index is 0. The molecular weight excluding hydrogens is 439 g/mol. The number of hydrogen-bond donors (Lipinski definition) is 2. The van der Waals surface area contributed by atoms with Crippen LogP contribution in [0, 0.1) is 0 Å². The van der Waals surface area contributed by atoms with Gasteiger partial charge >= 0.3 is 0 Å². The molecule has 0 saturated carbocycles. The summed E-state index contributed by atoms with van der Waals surface area (Å²) in [4.78, 5) is 2.24. The fourth-order valence-corrected chi connectivity index (χ4v) is 2.14. The molecule has 2 N–H and O–H groups in total. The SMILES string of the molecule is C.C.C.CC.CC.CC.CC(C)N1C=CCN1.CC(C)N1C=CNC1.CC(C)n1cccc1.[B].[B].[B]. The lowest BCUT2D eigenvalue weighted by molar-refractivity contribution is 0.250. The average Bonchev–Trinajstić information content (AvgIpc) is 3.56. The lowest BCUT2D eigenvalue weighted by Crippen LogP contribution is -2.34. The fraction of sp³-hybridized carbons (Fsp3) is 0.714. The summed E-state index contributed by atoms with van der Waals surface area (Å²) in [5.41, 5.74) is 3.18. The number of nitrogens with zero attached hydrogens (tertiary/aromatic N) is 3. The van der Waals surface area contributed by atoms with Gasteiger partial charge in [0.05, 0.1) is 6.67 Å². The Morgan fingerprint density at radius 3 is 1.25 bits per heavy atom. The first-order chi connectivity index (χ1) is 14.4. The number of aromatic nitrogens is 1. The highest BCUT2D eigenvalue weighted by Crippen LogP contribution is 2.02. The van der Waals surface area contributed by atoms with Crippen LogP contribution in [0.5, 0.6) is 0 Å². The first-order valence-corrected chi connectivity index (χ1v) is 11.9. The van der Waals surface area contributed by atoms with Gasteiger partial charge in [-0.15, -0.1) is 0 Å². The van der Waals surface area contributed by atoms with Crippen LogP contribution in [0.4, 0.5) is 0 Å². The molecule has 0 unspecified atom stereocenters. The van der Waals surface area contributed by atoms with Crippen molar-refractivity contribution in [2.24, 2.45) is 0 Å². The van der Waals surface area contributed by atoms with Crippen LogP contribution in [0.25, 0.3) is 0 Å². The third-order valence-corrected chi connectivity index (χ3v) is 3.76. The normalized spacial score (nSPS) is 10.9. The third-order valence-electron chi connectivity index (χ3n) is 3.76. The zero-order chi connectivity index (χ0) is 23.9. The molecule has 0 aromatic carbocycles. The Morgan fingerprint density at radius 1 is 0.639 bits per heavy atom. The third kappa shape index (κ3) is 32.3. The van der Waals surface area contributed by atoms with Gasteiger partial charge in [-0.25, -0.2) is 5.43 Å². The van der Waals surface area contributed by atoms with Crippen molar-refractivity contribution in [1.82, 2.24) is 25.2 Å². The van der Waals surface area contributed by atoms with Crippen LogP contribution in [-0.4, -0.2) is 65.0 Å². The predicted molar refractivity (Wildman–Crippen MR) is 175 cm³/mol. The molecule has 2 aliphatic heterocycles. The Kier molecular flexibility index (Phi) is 71.6. The van der Waals surface area contributed by atoms with Crippen molar-refractivity contribution in [3.63, 3.8) is 0 Å². The second-order valence-corrected chi connectivity index (χ2v) is 6.76. The second kappa shape index (κ2) is 43.4. The molecule has 0 spiro atoms. The van der Waals surface area contributed by atoms with Gasteiger partial charge in [-0.2, -0.15) is 0 Å².